The molecule has 82 valence electrons. The molecule has 0 unspecified atom stereocenters. The first-order valence-electron chi connectivity index (χ1n) is 4.90. The number of hydrogen-bond donors (Lipinski definition) is 0. The summed E-state index contributed by atoms with van der Waals surface area (Å²) < 4.78 is 0. The molecule has 0 aliphatic rings. The van der Waals surface area contributed by atoms with Crippen molar-refractivity contribution in [3.63, 3.8) is 0 Å². The topological polar surface area (TPSA) is 23.6 Å². The third-order valence-electron chi connectivity index (χ3n) is 2.08. The number of carbonyl (C=O) groups is 1. The lowest BCUT2D eigenvalue weighted by molar-refractivity contribution is -0.116. The van der Waals surface area contributed by atoms with E-state index in [4.69, 9.17) is 0 Å². The molecule has 0 fully saturated rings. The molecular formula is C11H22N2O. The van der Waals surface area contributed by atoms with Crippen LogP contribution in [0, 0.1) is 0 Å². The Balaban J connectivity index is 4.56. The molecule has 0 rings (SSSR count). The highest BCUT2D eigenvalue weighted by Crippen LogP contribution is 2.14. The van der Waals surface area contributed by atoms with Gasteiger partial charge < -0.3 is 14.6 Å². The fourth-order valence-corrected chi connectivity index (χ4v) is 1.64. The molecule has 0 N–H and O–H groups in total. The molecule has 0 saturated carbocycles. The first-order valence-corrected chi connectivity index (χ1v) is 4.90. The summed E-state index contributed by atoms with van der Waals surface area (Å²) in [6.07, 6.45) is 1.48. The van der Waals surface area contributed by atoms with Crippen LogP contribution >= 0.6 is 0 Å². The van der Waals surface area contributed by atoms with Crippen molar-refractivity contribution in [2.75, 3.05) is 28.2 Å². The molecule has 0 aromatic carbocycles. The fraction of sp³-hybridized carbons (Fsp3) is 0.727. The number of hydrogen-bond acceptors (Lipinski definition) is 3. The van der Waals surface area contributed by atoms with E-state index >= 15 is 0 Å². The Labute approximate surface area is 87.4 Å². The highest BCUT2D eigenvalue weighted by atomic mass is 16.1. The second-order valence-corrected chi connectivity index (χ2v) is 4.09. The maximum atomic E-state index is 10.9. The summed E-state index contributed by atoms with van der Waals surface area (Å²) in [5.74, 6) is 1.44. The van der Waals surface area contributed by atoms with Crippen LogP contribution < -0.4 is 0 Å². The third kappa shape index (κ3) is 4.30. The first kappa shape index (κ1) is 13.0. The van der Waals surface area contributed by atoms with E-state index in [1.54, 1.807) is 6.92 Å². The summed E-state index contributed by atoms with van der Waals surface area (Å²) in [4.78, 5) is 15.0. The van der Waals surface area contributed by atoms with E-state index in [1.165, 1.54) is 11.4 Å². The van der Waals surface area contributed by atoms with Crippen LogP contribution in [0.2, 0.25) is 0 Å². The molecule has 0 atom stereocenters. The minimum Gasteiger partial charge on any atom is -0.364 e. The van der Waals surface area contributed by atoms with E-state index in [0.29, 0.717) is 6.42 Å². The van der Waals surface area contributed by atoms with E-state index < -0.39 is 0 Å². The maximum Gasteiger partial charge on any atom is 0.130 e. The first-order chi connectivity index (χ1) is 6.36. The smallest absolute Gasteiger partial charge is 0.130 e. The van der Waals surface area contributed by atoms with Gasteiger partial charge in [0.05, 0.1) is 0 Å². The molecule has 0 bridgehead atoms. The lowest BCUT2D eigenvalue weighted by atomic mass is 10.1. The van der Waals surface area contributed by atoms with Gasteiger partial charge in [-0.3, -0.25) is 0 Å². The van der Waals surface area contributed by atoms with Crippen molar-refractivity contribution in [2.45, 2.75) is 26.7 Å². The van der Waals surface area contributed by atoms with Crippen molar-refractivity contribution in [3.8, 4) is 0 Å². The molecule has 0 heterocycles. The van der Waals surface area contributed by atoms with Gasteiger partial charge >= 0.3 is 0 Å². The van der Waals surface area contributed by atoms with Crippen LogP contribution in [0.3, 0.4) is 0 Å². The van der Waals surface area contributed by atoms with Gasteiger partial charge in [-0.05, 0) is 25.8 Å². The predicted molar refractivity (Wildman–Crippen MR) is 60.0 cm³/mol. The molecule has 0 saturated heterocycles. The van der Waals surface area contributed by atoms with Crippen LogP contribution in [0.1, 0.15) is 26.7 Å². The Morgan fingerprint density at radius 2 is 1.36 bits per heavy atom. The van der Waals surface area contributed by atoms with E-state index in [1.807, 2.05) is 28.2 Å². The Morgan fingerprint density at radius 3 is 1.64 bits per heavy atom. The highest BCUT2D eigenvalue weighted by molar-refractivity contribution is 5.75. The normalized spacial score (nSPS) is 9.57. The standard InChI is InChI=1S/C11H22N2O/c1-9(7-8-10(2)14)11(12(3)4)13(5)6/h7-8H2,1-6H3. The number of Topliss-reactive ketones (excluding diaryl/α,β-unsaturated/α-hetero) is 1. The lowest BCUT2D eigenvalue weighted by Gasteiger charge is -2.27. The molecule has 0 spiro atoms. The maximum absolute atomic E-state index is 10.9. The summed E-state index contributed by atoms with van der Waals surface area (Å²) in [6.45, 7) is 3.72. The van der Waals surface area contributed by atoms with Crippen LogP contribution in [0.25, 0.3) is 0 Å². The van der Waals surface area contributed by atoms with E-state index in [0.717, 1.165) is 6.42 Å². The van der Waals surface area contributed by atoms with Crippen molar-refractivity contribution < 1.29 is 4.79 Å². The Bertz CT molecular complexity index is 219. The zero-order valence-electron chi connectivity index (χ0n) is 10.2. The van der Waals surface area contributed by atoms with E-state index in [2.05, 4.69) is 16.7 Å². The van der Waals surface area contributed by atoms with Gasteiger partial charge in [0.25, 0.3) is 0 Å². The summed E-state index contributed by atoms with van der Waals surface area (Å²) in [5.41, 5.74) is 1.26. The average molecular weight is 198 g/mol. The van der Waals surface area contributed by atoms with E-state index in [-0.39, 0.29) is 5.78 Å². The van der Waals surface area contributed by atoms with Gasteiger partial charge in [0.15, 0.2) is 0 Å². The van der Waals surface area contributed by atoms with Crippen molar-refractivity contribution in [3.05, 3.63) is 11.4 Å². The molecule has 0 amide bonds. The number of carbonyl (C=O) groups excluding carboxylic acids is 1. The van der Waals surface area contributed by atoms with Crippen molar-refractivity contribution in [1.29, 1.82) is 0 Å². The van der Waals surface area contributed by atoms with Crippen LogP contribution in [-0.4, -0.2) is 43.8 Å². The minimum atomic E-state index is 0.251. The summed E-state index contributed by atoms with van der Waals surface area (Å²) >= 11 is 0. The Kier molecular flexibility index (Phi) is 5.28. The number of rotatable bonds is 5. The van der Waals surface area contributed by atoms with Gasteiger partial charge in [-0.2, -0.15) is 0 Å². The third-order valence-corrected chi connectivity index (χ3v) is 2.08. The predicted octanol–water partition coefficient (Wildman–Crippen LogP) is 1.71. The van der Waals surface area contributed by atoms with Gasteiger partial charge in [-0.15, -0.1) is 0 Å². The molecule has 3 nitrogen and oxygen atoms in total. The zero-order valence-corrected chi connectivity index (χ0v) is 10.2. The molecule has 14 heavy (non-hydrogen) atoms. The second-order valence-electron chi connectivity index (χ2n) is 4.09. The van der Waals surface area contributed by atoms with Gasteiger partial charge in [-0.1, -0.05) is 0 Å². The summed E-state index contributed by atoms with van der Waals surface area (Å²) in [6, 6.07) is 0. The van der Waals surface area contributed by atoms with Crippen molar-refractivity contribution in [1.82, 2.24) is 9.80 Å². The molecule has 0 aromatic rings. The molecular weight excluding hydrogens is 176 g/mol. The number of ketones is 1. The second kappa shape index (κ2) is 5.68. The minimum absolute atomic E-state index is 0.251. The molecule has 3 heteroatoms. The monoisotopic (exact) mass is 198 g/mol. The molecule has 0 aliphatic carbocycles. The number of nitrogens with zero attached hydrogens (tertiary/aromatic N) is 2. The molecule has 0 aromatic heterocycles. The zero-order chi connectivity index (χ0) is 11.3. The van der Waals surface area contributed by atoms with Gasteiger partial charge in [0, 0.05) is 34.6 Å². The van der Waals surface area contributed by atoms with Crippen molar-refractivity contribution in [2.24, 2.45) is 0 Å². The van der Waals surface area contributed by atoms with Crippen LogP contribution in [0.5, 0.6) is 0 Å². The SMILES string of the molecule is CC(=O)CCC(C)=C(N(C)C)N(C)C. The molecule has 0 aliphatic heterocycles. The van der Waals surface area contributed by atoms with Crippen LogP contribution in [0.15, 0.2) is 11.4 Å². The average Bonchev–Trinajstić information content (AvgIpc) is 1.99. The highest BCUT2D eigenvalue weighted by Gasteiger charge is 2.07. The van der Waals surface area contributed by atoms with E-state index in [9.17, 15) is 4.79 Å². The molecule has 0 radical (unpaired) electrons. The number of allylic oxidation sites excluding steroid dienone is 1. The Hall–Kier alpha value is -0.990. The quantitative estimate of drug-likeness (QED) is 0.672. The van der Waals surface area contributed by atoms with Gasteiger partial charge in [-0.25, -0.2) is 0 Å². The fourth-order valence-electron chi connectivity index (χ4n) is 1.64. The van der Waals surface area contributed by atoms with Crippen LogP contribution in [0.4, 0.5) is 0 Å². The summed E-state index contributed by atoms with van der Waals surface area (Å²) in [5, 5.41) is 0. The van der Waals surface area contributed by atoms with Gasteiger partial charge in [0.1, 0.15) is 11.6 Å². The lowest BCUT2D eigenvalue weighted by Crippen LogP contribution is -2.26. The van der Waals surface area contributed by atoms with Gasteiger partial charge in [0.2, 0.25) is 0 Å². The van der Waals surface area contributed by atoms with Crippen molar-refractivity contribution >= 4 is 5.78 Å². The largest absolute Gasteiger partial charge is 0.364 e. The Morgan fingerprint density at radius 1 is 0.929 bits per heavy atom. The summed E-state index contributed by atoms with van der Waals surface area (Å²) in [7, 11) is 8.08. The van der Waals surface area contributed by atoms with Crippen LogP contribution in [-0.2, 0) is 4.79 Å².